The molecule has 2 aromatic heterocycles. The molecule has 1 aliphatic carbocycles. The van der Waals surface area contributed by atoms with Crippen LogP contribution in [0.2, 0.25) is 0 Å². The summed E-state index contributed by atoms with van der Waals surface area (Å²) in [5.41, 5.74) is 8.27. The first-order chi connectivity index (χ1) is 12.4. The maximum atomic E-state index is 12.9. The van der Waals surface area contributed by atoms with Crippen molar-refractivity contribution in [2.24, 2.45) is 5.92 Å². The Bertz CT molecular complexity index is 901. The molecule has 0 saturated heterocycles. The number of rotatable bonds is 6. The maximum Gasteiger partial charge on any atom is 0.299 e. The van der Waals surface area contributed by atoms with E-state index in [1.807, 2.05) is 0 Å². The van der Waals surface area contributed by atoms with Crippen LogP contribution in [0.4, 0.5) is 11.5 Å². The SMILES string of the molecule is CNC(=O)Cc1cc(N)c(-n2c(C)cnc(NCC3CC3)c2=O)nc1C. The second kappa shape index (κ2) is 7.15. The fourth-order valence-corrected chi connectivity index (χ4v) is 2.76. The molecule has 0 aliphatic heterocycles. The van der Waals surface area contributed by atoms with Crippen LogP contribution in [0.5, 0.6) is 0 Å². The first-order valence-corrected chi connectivity index (χ1v) is 8.70. The zero-order valence-corrected chi connectivity index (χ0v) is 15.3. The van der Waals surface area contributed by atoms with Crippen LogP contribution >= 0.6 is 0 Å². The van der Waals surface area contributed by atoms with Crippen LogP contribution in [-0.2, 0) is 11.2 Å². The number of nitrogen functional groups attached to an aromatic ring is 1. The number of nitrogens with two attached hydrogens (primary N) is 1. The second-order valence-electron chi connectivity index (χ2n) is 6.71. The highest BCUT2D eigenvalue weighted by Crippen LogP contribution is 2.28. The number of likely N-dealkylation sites (N-methyl/N-ethyl adjacent to an activating group) is 1. The number of hydrogen-bond donors (Lipinski definition) is 3. The van der Waals surface area contributed by atoms with E-state index < -0.39 is 0 Å². The predicted molar refractivity (Wildman–Crippen MR) is 100 cm³/mol. The molecule has 8 nitrogen and oxygen atoms in total. The number of aromatic nitrogens is 3. The standard InChI is InChI=1S/C18H24N6O2/c1-10-8-21-16(22-9-12-4-5-12)18(26)24(10)17-14(19)6-13(11(2)23-17)7-15(25)20-3/h6,8,12H,4-5,7,9,19H2,1-3H3,(H,20,25)(H,21,22). The molecule has 1 saturated carbocycles. The number of aryl methyl sites for hydroxylation is 2. The molecule has 26 heavy (non-hydrogen) atoms. The summed E-state index contributed by atoms with van der Waals surface area (Å²) in [7, 11) is 1.58. The molecular weight excluding hydrogens is 332 g/mol. The van der Waals surface area contributed by atoms with Crippen LogP contribution in [-0.4, -0.2) is 34.0 Å². The number of carbonyl (C=O) groups excluding carboxylic acids is 1. The number of anilines is 2. The normalized spacial score (nSPS) is 13.5. The molecular formula is C18H24N6O2. The molecule has 0 bridgehead atoms. The summed E-state index contributed by atoms with van der Waals surface area (Å²) in [6.45, 7) is 4.33. The van der Waals surface area contributed by atoms with Gasteiger partial charge in [0, 0.05) is 31.2 Å². The Morgan fingerprint density at radius 2 is 2.12 bits per heavy atom. The van der Waals surface area contributed by atoms with E-state index in [-0.39, 0.29) is 17.9 Å². The van der Waals surface area contributed by atoms with Gasteiger partial charge in [0.15, 0.2) is 11.6 Å². The lowest BCUT2D eigenvalue weighted by Gasteiger charge is -2.15. The van der Waals surface area contributed by atoms with Gasteiger partial charge in [0.05, 0.1) is 12.1 Å². The van der Waals surface area contributed by atoms with E-state index in [1.165, 1.54) is 17.4 Å². The minimum atomic E-state index is -0.275. The molecule has 0 aromatic carbocycles. The molecule has 4 N–H and O–H groups in total. The fraction of sp³-hybridized carbons (Fsp3) is 0.444. The van der Waals surface area contributed by atoms with Gasteiger partial charge in [0.2, 0.25) is 5.91 Å². The topological polar surface area (TPSA) is 115 Å². The van der Waals surface area contributed by atoms with Crippen LogP contribution in [0.25, 0.3) is 5.82 Å². The fourth-order valence-electron chi connectivity index (χ4n) is 2.76. The molecule has 1 aliphatic rings. The summed E-state index contributed by atoms with van der Waals surface area (Å²) in [5.74, 6) is 1.17. The van der Waals surface area contributed by atoms with Gasteiger partial charge in [-0.25, -0.2) is 9.97 Å². The molecule has 0 unspecified atom stereocenters. The molecule has 0 atom stereocenters. The molecule has 2 aromatic rings. The van der Waals surface area contributed by atoms with Gasteiger partial charge in [0.25, 0.3) is 5.56 Å². The van der Waals surface area contributed by atoms with E-state index in [4.69, 9.17) is 5.73 Å². The van der Waals surface area contributed by atoms with Gasteiger partial charge in [0.1, 0.15) is 0 Å². The van der Waals surface area contributed by atoms with Crippen molar-refractivity contribution in [3.63, 3.8) is 0 Å². The molecule has 3 rings (SSSR count). The van der Waals surface area contributed by atoms with Crippen molar-refractivity contribution in [2.45, 2.75) is 33.1 Å². The molecule has 1 amide bonds. The Kier molecular flexibility index (Phi) is 4.92. The lowest BCUT2D eigenvalue weighted by Crippen LogP contribution is -2.28. The molecule has 0 spiro atoms. The minimum Gasteiger partial charge on any atom is -0.396 e. The van der Waals surface area contributed by atoms with Gasteiger partial charge < -0.3 is 16.4 Å². The van der Waals surface area contributed by atoms with E-state index in [0.29, 0.717) is 34.6 Å². The van der Waals surface area contributed by atoms with Crippen molar-refractivity contribution in [3.05, 3.63) is 39.6 Å². The maximum absolute atomic E-state index is 12.9. The van der Waals surface area contributed by atoms with Crippen molar-refractivity contribution in [3.8, 4) is 5.82 Å². The van der Waals surface area contributed by atoms with Gasteiger partial charge in [-0.15, -0.1) is 0 Å². The summed E-state index contributed by atoms with van der Waals surface area (Å²) >= 11 is 0. The number of hydrogen-bond acceptors (Lipinski definition) is 6. The number of pyridine rings is 1. The minimum absolute atomic E-state index is 0.120. The summed E-state index contributed by atoms with van der Waals surface area (Å²) in [5, 5.41) is 5.71. The zero-order chi connectivity index (χ0) is 18.8. The third-order valence-electron chi connectivity index (χ3n) is 4.56. The summed E-state index contributed by atoms with van der Waals surface area (Å²) in [4.78, 5) is 33.2. The lowest BCUT2D eigenvalue weighted by atomic mass is 10.1. The van der Waals surface area contributed by atoms with E-state index in [0.717, 1.165) is 12.1 Å². The monoisotopic (exact) mass is 356 g/mol. The van der Waals surface area contributed by atoms with Crippen LogP contribution < -0.4 is 21.9 Å². The Hall–Kier alpha value is -2.90. The van der Waals surface area contributed by atoms with Gasteiger partial charge in [-0.3, -0.25) is 14.2 Å². The van der Waals surface area contributed by atoms with Crippen LogP contribution in [0.1, 0.15) is 29.8 Å². The average Bonchev–Trinajstić information content (AvgIpc) is 3.42. The summed E-state index contributed by atoms with van der Waals surface area (Å²) in [6, 6.07) is 1.70. The van der Waals surface area contributed by atoms with Crippen LogP contribution in [0, 0.1) is 19.8 Å². The second-order valence-corrected chi connectivity index (χ2v) is 6.71. The predicted octanol–water partition coefficient (Wildman–Crippen LogP) is 0.937. The Labute approximate surface area is 151 Å². The molecule has 138 valence electrons. The Morgan fingerprint density at radius 3 is 2.77 bits per heavy atom. The first kappa shape index (κ1) is 17.9. The average molecular weight is 356 g/mol. The van der Waals surface area contributed by atoms with E-state index in [9.17, 15) is 9.59 Å². The van der Waals surface area contributed by atoms with Crippen molar-refractivity contribution in [2.75, 3.05) is 24.6 Å². The van der Waals surface area contributed by atoms with Gasteiger partial charge in [-0.05, 0) is 44.2 Å². The Balaban J connectivity index is 1.99. The largest absolute Gasteiger partial charge is 0.396 e. The van der Waals surface area contributed by atoms with Crippen molar-refractivity contribution >= 4 is 17.4 Å². The quantitative estimate of drug-likeness (QED) is 0.709. The summed E-state index contributed by atoms with van der Waals surface area (Å²) in [6.07, 6.45) is 4.20. The third kappa shape index (κ3) is 3.68. The number of nitrogens with one attached hydrogen (secondary N) is 2. The van der Waals surface area contributed by atoms with E-state index in [1.54, 1.807) is 33.2 Å². The highest BCUT2D eigenvalue weighted by atomic mass is 16.1. The van der Waals surface area contributed by atoms with Gasteiger partial charge in [-0.1, -0.05) is 0 Å². The van der Waals surface area contributed by atoms with Crippen molar-refractivity contribution in [1.82, 2.24) is 19.9 Å². The first-order valence-electron chi connectivity index (χ1n) is 8.70. The highest BCUT2D eigenvalue weighted by Gasteiger charge is 2.22. The van der Waals surface area contributed by atoms with Gasteiger partial charge in [-0.2, -0.15) is 0 Å². The molecule has 1 fully saturated rings. The van der Waals surface area contributed by atoms with E-state index >= 15 is 0 Å². The number of carbonyl (C=O) groups is 1. The number of nitrogens with zero attached hydrogens (tertiary/aromatic N) is 3. The zero-order valence-electron chi connectivity index (χ0n) is 15.3. The van der Waals surface area contributed by atoms with Gasteiger partial charge >= 0.3 is 0 Å². The van der Waals surface area contributed by atoms with Crippen LogP contribution in [0.3, 0.4) is 0 Å². The highest BCUT2D eigenvalue weighted by molar-refractivity contribution is 5.79. The third-order valence-corrected chi connectivity index (χ3v) is 4.56. The smallest absolute Gasteiger partial charge is 0.299 e. The lowest BCUT2D eigenvalue weighted by molar-refractivity contribution is -0.119. The summed E-state index contributed by atoms with van der Waals surface area (Å²) < 4.78 is 1.47. The molecule has 2 heterocycles. The number of amides is 1. The van der Waals surface area contributed by atoms with E-state index in [2.05, 4.69) is 20.6 Å². The van der Waals surface area contributed by atoms with Crippen molar-refractivity contribution in [1.29, 1.82) is 0 Å². The van der Waals surface area contributed by atoms with Crippen LogP contribution in [0.15, 0.2) is 17.1 Å². The Morgan fingerprint density at radius 1 is 1.38 bits per heavy atom. The van der Waals surface area contributed by atoms with Crippen molar-refractivity contribution < 1.29 is 4.79 Å². The molecule has 8 heteroatoms. The molecule has 0 radical (unpaired) electrons.